The summed E-state index contributed by atoms with van der Waals surface area (Å²) in [6.07, 6.45) is 2.43. The van der Waals surface area contributed by atoms with Crippen LogP contribution in [-0.4, -0.2) is 37.2 Å². The van der Waals surface area contributed by atoms with Crippen molar-refractivity contribution in [2.45, 2.75) is 31.5 Å². The first-order chi connectivity index (χ1) is 8.74. The van der Waals surface area contributed by atoms with Crippen molar-refractivity contribution in [3.63, 3.8) is 0 Å². The van der Waals surface area contributed by atoms with Crippen molar-refractivity contribution in [2.75, 3.05) is 20.2 Å². The average molecular weight is 305 g/mol. The van der Waals surface area contributed by atoms with Gasteiger partial charge in [0.25, 0.3) is 0 Å². The Balaban J connectivity index is 0.00000180. The van der Waals surface area contributed by atoms with E-state index in [4.69, 9.17) is 22.1 Å². The monoisotopic (exact) mass is 304 g/mol. The Kier molecular flexibility index (Phi) is 7.11. The van der Waals surface area contributed by atoms with Crippen LogP contribution in [0.5, 0.6) is 0 Å². The summed E-state index contributed by atoms with van der Waals surface area (Å²) in [6.45, 7) is 2.56. The fraction of sp³-hybridized carbons (Fsp3) is 0.571. The van der Waals surface area contributed by atoms with Gasteiger partial charge >= 0.3 is 0 Å². The number of ether oxygens (including phenoxy) is 1. The molecule has 1 heterocycles. The van der Waals surface area contributed by atoms with E-state index in [1.54, 1.807) is 7.11 Å². The number of hydrogen-bond acceptors (Lipinski definition) is 3. The van der Waals surface area contributed by atoms with Gasteiger partial charge in [0, 0.05) is 37.8 Å². The predicted molar refractivity (Wildman–Crippen MR) is 82.0 cm³/mol. The molecular formula is C14H22Cl2N2O. The van der Waals surface area contributed by atoms with Crippen LogP contribution in [0, 0.1) is 0 Å². The van der Waals surface area contributed by atoms with Crippen LogP contribution >= 0.6 is 24.0 Å². The minimum atomic E-state index is 0. The number of benzene rings is 1. The third-order valence-electron chi connectivity index (χ3n) is 3.73. The van der Waals surface area contributed by atoms with Gasteiger partial charge in [0.05, 0.1) is 6.10 Å². The van der Waals surface area contributed by atoms with E-state index < -0.39 is 0 Å². The summed E-state index contributed by atoms with van der Waals surface area (Å²) in [5, 5.41) is 0.835. The van der Waals surface area contributed by atoms with E-state index in [0.717, 1.165) is 31.0 Å². The Morgan fingerprint density at radius 3 is 2.79 bits per heavy atom. The molecule has 19 heavy (non-hydrogen) atoms. The molecule has 0 aliphatic carbocycles. The summed E-state index contributed by atoms with van der Waals surface area (Å²) < 4.78 is 5.44. The van der Waals surface area contributed by atoms with Crippen molar-refractivity contribution in [1.29, 1.82) is 0 Å². The number of rotatable bonds is 4. The zero-order valence-corrected chi connectivity index (χ0v) is 12.8. The summed E-state index contributed by atoms with van der Waals surface area (Å²) in [6, 6.07) is 8.40. The quantitative estimate of drug-likeness (QED) is 0.929. The van der Waals surface area contributed by atoms with E-state index in [1.807, 2.05) is 18.2 Å². The lowest BCUT2D eigenvalue weighted by Gasteiger charge is -2.38. The second kappa shape index (κ2) is 8.08. The molecule has 0 amide bonds. The molecule has 3 nitrogen and oxygen atoms in total. The number of likely N-dealkylation sites (tertiary alicyclic amines) is 1. The second-order valence-electron chi connectivity index (χ2n) is 4.83. The van der Waals surface area contributed by atoms with Crippen LogP contribution in [0.1, 0.15) is 18.4 Å². The van der Waals surface area contributed by atoms with Gasteiger partial charge in [-0.1, -0.05) is 29.8 Å². The maximum absolute atomic E-state index is 6.21. The van der Waals surface area contributed by atoms with E-state index >= 15 is 0 Å². The van der Waals surface area contributed by atoms with Crippen LogP contribution in [-0.2, 0) is 11.3 Å². The highest BCUT2D eigenvalue weighted by Crippen LogP contribution is 2.24. The molecule has 1 aromatic rings. The van der Waals surface area contributed by atoms with Crippen molar-refractivity contribution >= 4 is 24.0 Å². The third kappa shape index (κ3) is 4.33. The highest BCUT2D eigenvalue weighted by Gasteiger charge is 2.27. The first kappa shape index (κ1) is 16.7. The van der Waals surface area contributed by atoms with E-state index in [0.29, 0.717) is 18.7 Å². The van der Waals surface area contributed by atoms with E-state index in [1.165, 1.54) is 5.56 Å². The largest absolute Gasteiger partial charge is 0.381 e. The van der Waals surface area contributed by atoms with Crippen LogP contribution in [0.4, 0.5) is 0 Å². The van der Waals surface area contributed by atoms with Gasteiger partial charge in [-0.25, -0.2) is 0 Å². The first-order valence-electron chi connectivity index (χ1n) is 6.45. The summed E-state index contributed by atoms with van der Waals surface area (Å²) in [7, 11) is 1.78. The fourth-order valence-electron chi connectivity index (χ4n) is 2.58. The Hall–Kier alpha value is -0.320. The molecule has 1 fully saturated rings. The zero-order chi connectivity index (χ0) is 13.0. The average Bonchev–Trinajstić information content (AvgIpc) is 2.41. The minimum Gasteiger partial charge on any atom is -0.381 e. The Bertz CT molecular complexity index is 389. The lowest BCUT2D eigenvalue weighted by Crippen LogP contribution is -2.48. The van der Waals surface area contributed by atoms with Gasteiger partial charge in [0.2, 0.25) is 0 Å². The number of methoxy groups -OCH3 is 1. The van der Waals surface area contributed by atoms with Gasteiger partial charge in [-0.05, 0) is 24.5 Å². The van der Waals surface area contributed by atoms with Crippen LogP contribution in [0.2, 0.25) is 5.02 Å². The molecule has 2 N–H and O–H groups in total. The number of halogens is 2. The highest BCUT2D eigenvalue weighted by molar-refractivity contribution is 6.31. The molecule has 0 spiro atoms. The number of hydrogen-bond donors (Lipinski definition) is 1. The number of nitrogens with two attached hydrogens (primary N) is 1. The molecule has 0 bridgehead atoms. The van der Waals surface area contributed by atoms with Crippen molar-refractivity contribution in [3.05, 3.63) is 34.9 Å². The molecule has 5 heteroatoms. The van der Waals surface area contributed by atoms with Crippen LogP contribution in [0.15, 0.2) is 24.3 Å². The second-order valence-corrected chi connectivity index (χ2v) is 5.24. The normalized spacial score (nSPS) is 23.9. The topological polar surface area (TPSA) is 38.5 Å². The molecule has 0 saturated carbocycles. The highest BCUT2D eigenvalue weighted by atomic mass is 35.5. The maximum atomic E-state index is 6.21. The summed E-state index contributed by atoms with van der Waals surface area (Å²) in [4.78, 5) is 2.41. The molecule has 1 saturated heterocycles. The van der Waals surface area contributed by atoms with Crippen molar-refractivity contribution in [2.24, 2.45) is 5.73 Å². The predicted octanol–water partition coefficient (Wildman–Crippen LogP) is 2.70. The fourth-order valence-corrected chi connectivity index (χ4v) is 2.77. The smallest absolute Gasteiger partial charge is 0.0599 e. The molecule has 0 aromatic heterocycles. The van der Waals surface area contributed by atoms with Crippen molar-refractivity contribution < 1.29 is 4.74 Å². The first-order valence-corrected chi connectivity index (χ1v) is 6.82. The van der Waals surface area contributed by atoms with Crippen LogP contribution < -0.4 is 5.73 Å². The van der Waals surface area contributed by atoms with Gasteiger partial charge in [-0.2, -0.15) is 0 Å². The molecule has 2 rings (SSSR count). The van der Waals surface area contributed by atoms with Gasteiger partial charge < -0.3 is 10.5 Å². The standard InChI is InChI=1S/C14H21ClN2O.ClH/c1-18-13-6-7-17(12(8-13)9-16)10-11-4-2-3-5-14(11)15;/h2-5,12-13H,6-10,16H2,1H3;1H. The van der Waals surface area contributed by atoms with Crippen molar-refractivity contribution in [3.8, 4) is 0 Å². The van der Waals surface area contributed by atoms with Gasteiger partial charge in [-0.3, -0.25) is 4.90 Å². The lowest BCUT2D eigenvalue weighted by atomic mass is 9.98. The number of nitrogens with zero attached hydrogens (tertiary/aromatic N) is 1. The molecule has 2 atom stereocenters. The van der Waals surface area contributed by atoms with Gasteiger partial charge in [-0.15, -0.1) is 12.4 Å². The van der Waals surface area contributed by atoms with E-state index in [-0.39, 0.29) is 12.4 Å². The third-order valence-corrected chi connectivity index (χ3v) is 4.10. The SMILES string of the molecule is COC1CCN(Cc2ccccc2Cl)C(CN)C1.Cl. The Morgan fingerprint density at radius 2 is 2.16 bits per heavy atom. The van der Waals surface area contributed by atoms with Gasteiger partial charge in [0.15, 0.2) is 0 Å². The summed E-state index contributed by atoms with van der Waals surface area (Å²) >= 11 is 6.21. The Labute approximate surface area is 126 Å². The molecule has 1 aliphatic rings. The lowest BCUT2D eigenvalue weighted by molar-refractivity contribution is 0.0102. The van der Waals surface area contributed by atoms with Gasteiger partial charge in [0.1, 0.15) is 0 Å². The summed E-state index contributed by atoms with van der Waals surface area (Å²) in [5.41, 5.74) is 7.05. The van der Waals surface area contributed by atoms with E-state index in [9.17, 15) is 0 Å². The minimum absolute atomic E-state index is 0. The molecule has 1 aromatic carbocycles. The molecule has 1 aliphatic heterocycles. The Morgan fingerprint density at radius 1 is 1.42 bits per heavy atom. The van der Waals surface area contributed by atoms with E-state index in [2.05, 4.69) is 11.0 Å². The van der Waals surface area contributed by atoms with Crippen LogP contribution in [0.3, 0.4) is 0 Å². The maximum Gasteiger partial charge on any atom is 0.0599 e. The molecule has 0 radical (unpaired) electrons. The zero-order valence-electron chi connectivity index (χ0n) is 11.2. The van der Waals surface area contributed by atoms with Crippen LogP contribution in [0.25, 0.3) is 0 Å². The number of piperidine rings is 1. The molecule has 2 unspecified atom stereocenters. The molecular weight excluding hydrogens is 283 g/mol. The molecule has 108 valence electrons. The van der Waals surface area contributed by atoms with Crippen molar-refractivity contribution in [1.82, 2.24) is 4.90 Å². The summed E-state index contributed by atoms with van der Waals surface area (Å²) in [5.74, 6) is 0.